The van der Waals surface area contributed by atoms with Crippen LogP contribution in [0.5, 0.6) is 0 Å². The Morgan fingerprint density at radius 3 is 2.64 bits per heavy atom. The van der Waals surface area contributed by atoms with Gasteiger partial charge in [0.05, 0.1) is 11.6 Å². The summed E-state index contributed by atoms with van der Waals surface area (Å²) in [6.45, 7) is 5.74. The van der Waals surface area contributed by atoms with E-state index in [4.69, 9.17) is 11.6 Å². The van der Waals surface area contributed by atoms with Crippen molar-refractivity contribution < 1.29 is 9.59 Å². The molecule has 1 aliphatic heterocycles. The van der Waals surface area contributed by atoms with E-state index in [1.165, 1.54) is 4.90 Å². The highest BCUT2D eigenvalue weighted by atomic mass is 35.5. The van der Waals surface area contributed by atoms with E-state index in [1.54, 1.807) is 44.3 Å². The number of rotatable bonds is 4. The number of benzene rings is 1. The molecular weight excluding hydrogens is 302 g/mol. The summed E-state index contributed by atoms with van der Waals surface area (Å²) < 4.78 is 0. The molecule has 0 aliphatic carbocycles. The van der Waals surface area contributed by atoms with Crippen LogP contribution in [0.1, 0.15) is 18.5 Å². The Balaban J connectivity index is 2.52. The second-order valence-corrected chi connectivity index (χ2v) is 5.35. The fourth-order valence-corrected chi connectivity index (χ4v) is 2.59. The summed E-state index contributed by atoms with van der Waals surface area (Å²) >= 11 is 5.90. The molecule has 6 heteroatoms. The van der Waals surface area contributed by atoms with Crippen LogP contribution in [0.2, 0.25) is 5.02 Å². The maximum absolute atomic E-state index is 12.3. The number of carbonyl (C=O) groups is 2. The second-order valence-electron chi connectivity index (χ2n) is 4.91. The van der Waals surface area contributed by atoms with E-state index in [-0.39, 0.29) is 11.9 Å². The average Bonchev–Trinajstić information content (AvgIpc) is 2.51. The summed E-state index contributed by atoms with van der Waals surface area (Å²) in [5.41, 5.74) is 1.92. The van der Waals surface area contributed by atoms with Crippen molar-refractivity contribution in [1.82, 2.24) is 15.5 Å². The van der Waals surface area contributed by atoms with Crippen LogP contribution >= 0.6 is 11.6 Å². The van der Waals surface area contributed by atoms with Crippen LogP contribution in [-0.4, -0.2) is 30.4 Å². The number of amides is 3. The monoisotopic (exact) mass is 319 g/mol. The smallest absolute Gasteiger partial charge is 0.322 e. The molecule has 1 aromatic carbocycles. The molecule has 0 radical (unpaired) electrons. The highest BCUT2D eigenvalue weighted by Crippen LogP contribution is 2.31. The van der Waals surface area contributed by atoms with Gasteiger partial charge in [-0.3, -0.25) is 9.69 Å². The summed E-state index contributed by atoms with van der Waals surface area (Å²) in [6.07, 6.45) is 1.62. The van der Waals surface area contributed by atoms with E-state index in [1.807, 2.05) is 0 Å². The number of hydrogen-bond donors (Lipinski definition) is 2. The second kappa shape index (κ2) is 6.66. The number of nitrogens with one attached hydrogen (secondary N) is 2. The van der Waals surface area contributed by atoms with E-state index in [2.05, 4.69) is 17.2 Å². The molecule has 0 fully saturated rings. The molecule has 0 saturated carbocycles. The molecule has 2 rings (SSSR count). The Morgan fingerprint density at radius 1 is 1.45 bits per heavy atom. The van der Waals surface area contributed by atoms with E-state index in [0.717, 1.165) is 5.56 Å². The minimum Gasteiger partial charge on any atom is -0.355 e. The van der Waals surface area contributed by atoms with Crippen LogP contribution in [0.3, 0.4) is 0 Å². The highest BCUT2D eigenvalue weighted by Gasteiger charge is 2.34. The Labute approximate surface area is 134 Å². The lowest BCUT2D eigenvalue weighted by molar-refractivity contribution is -0.117. The van der Waals surface area contributed by atoms with Crippen LogP contribution in [0.15, 0.2) is 48.2 Å². The van der Waals surface area contributed by atoms with Gasteiger partial charge in [-0.2, -0.15) is 0 Å². The first kappa shape index (κ1) is 16.1. The van der Waals surface area contributed by atoms with Gasteiger partial charge < -0.3 is 10.6 Å². The van der Waals surface area contributed by atoms with Crippen LogP contribution in [0.25, 0.3) is 0 Å². The molecule has 1 unspecified atom stereocenters. The van der Waals surface area contributed by atoms with Crippen molar-refractivity contribution in [2.75, 3.05) is 13.6 Å². The third-order valence-corrected chi connectivity index (χ3v) is 3.83. The summed E-state index contributed by atoms with van der Waals surface area (Å²) in [5.74, 6) is -0.230. The van der Waals surface area contributed by atoms with Gasteiger partial charge in [0.25, 0.3) is 5.91 Å². The van der Waals surface area contributed by atoms with E-state index < -0.39 is 6.04 Å². The molecule has 22 heavy (non-hydrogen) atoms. The van der Waals surface area contributed by atoms with Gasteiger partial charge in [0, 0.05) is 24.3 Å². The van der Waals surface area contributed by atoms with Gasteiger partial charge in [-0.15, -0.1) is 6.58 Å². The third kappa shape index (κ3) is 2.99. The zero-order chi connectivity index (χ0) is 16.3. The summed E-state index contributed by atoms with van der Waals surface area (Å²) in [6, 6.07) is 6.29. The first-order valence-corrected chi connectivity index (χ1v) is 7.24. The summed E-state index contributed by atoms with van der Waals surface area (Å²) in [5, 5.41) is 6.09. The molecule has 0 spiro atoms. The highest BCUT2D eigenvalue weighted by molar-refractivity contribution is 6.30. The standard InChI is InChI=1S/C16H18ClN3O2/c1-4-9-20-10(2)13(15(21)18-3)14(19-16(20)22)11-5-7-12(17)8-6-11/h4-8,14H,1,9H2,2-3H3,(H,18,21)(H,19,22). The van der Waals surface area contributed by atoms with Crippen molar-refractivity contribution in [3.05, 3.63) is 58.8 Å². The lowest BCUT2D eigenvalue weighted by atomic mass is 9.94. The molecule has 0 aromatic heterocycles. The average molecular weight is 320 g/mol. The quantitative estimate of drug-likeness (QED) is 0.838. The van der Waals surface area contributed by atoms with Gasteiger partial charge in [0.2, 0.25) is 0 Å². The molecule has 1 aromatic rings. The molecule has 1 atom stereocenters. The van der Waals surface area contributed by atoms with Crippen molar-refractivity contribution in [3.63, 3.8) is 0 Å². The Morgan fingerprint density at radius 2 is 2.09 bits per heavy atom. The van der Waals surface area contributed by atoms with Gasteiger partial charge >= 0.3 is 6.03 Å². The Kier molecular flexibility index (Phi) is 4.88. The largest absolute Gasteiger partial charge is 0.355 e. The van der Waals surface area contributed by atoms with Crippen molar-refractivity contribution in [2.45, 2.75) is 13.0 Å². The van der Waals surface area contributed by atoms with Crippen molar-refractivity contribution >= 4 is 23.5 Å². The van der Waals surface area contributed by atoms with E-state index in [0.29, 0.717) is 22.8 Å². The zero-order valence-electron chi connectivity index (χ0n) is 12.5. The SMILES string of the molecule is C=CCN1C(=O)NC(c2ccc(Cl)cc2)C(C(=O)NC)=C1C. The molecule has 0 saturated heterocycles. The molecule has 3 amide bonds. The summed E-state index contributed by atoms with van der Waals surface area (Å²) in [4.78, 5) is 26.1. The summed E-state index contributed by atoms with van der Waals surface area (Å²) in [7, 11) is 1.57. The predicted octanol–water partition coefficient (Wildman–Crippen LogP) is 2.61. The van der Waals surface area contributed by atoms with Crippen molar-refractivity contribution in [1.29, 1.82) is 0 Å². The number of halogens is 1. The third-order valence-electron chi connectivity index (χ3n) is 3.58. The first-order chi connectivity index (χ1) is 10.5. The fourth-order valence-electron chi connectivity index (χ4n) is 2.46. The zero-order valence-corrected chi connectivity index (χ0v) is 13.3. The van der Waals surface area contributed by atoms with E-state index in [9.17, 15) is 9.59 Å². The Bertz CT molecular complexity index is 637. The minimum absolute atomic E-state index is 0.230. The number of hydrogen-bond acceptors (Lipinski definition) is 2. The number of nitrogens with zero attached hydrogens (tertiary/aromatic N) is 1. The van der Waals surface area contributed by atoms with Crippen molar-refractivity contribution in [2.24, 2.45) is 0 Å². The number of urea groups is 1. The molecule has 1 aliphatic rings. The van der Waals surface area contributed by atoms with Gasteiger partial charge in [-0.25, -0.2) is 4.79 Å². The lowest BCUT2D eigenvalue weighted by Crippen LogP contribution is -2.49. The Hall–Kier alpha value is -2.27. The van der Waals surface area contributed by atoms with Crippen LogP contribution < -0.4 is 10.6 Å². The van der Waals surface area contributed by atoms with Crippen LogP contribution in [0, 0.1) is 0 Å². The normalized spacial score (nSPS) is 18.0. The fraction of sp³-hybridized carbons (Fsp3) is 0.250. The van der Waals surface area contributed by atoms with Crippen LogP contribution in [-0.2, 0) is 4.79 Å². The van der Waals surface area contributed by atoms with Gasteiger partial charge in [-0.1, -0.05) is 29.8 Å². The minimum atomic E-state index is -0.509. The van der Waals surface area contributed by atoms with Gasteiger partial charge in [-0.05, 0) is 24.6 Å². The maximum Gasteiger partial charge on any atom is 0.322 e. The maximum atomic E-state index is 12.3. The lowest BCUT2D eigenvalue weighted by Gasteiger charge is -2.35. The number of likely N-dealkylation sites (N-methyl/N-ethyl adjacent to an activating group) is 1. The van der Waals surface area contributed by atoms with E-state index >= 15 is 0 Å². The van der Waals surface area contributed by atoms with Crippen LogP contribution in [0.4, 0.5) is 4.79 Å². The predicted molar refractivity (Wildman–Crippen MR) is 86.4 cm³/mol. The molecule has 116 valence electrons. The van der Waals surface area contributed by atoms with Gasteiger partial charge in [0.1, 0.15) is 0 Å². The molecule has 5 nitrogen and oxygen atoms in total. The van der Waals surface area contributed by atoms with Crippen molar-refractivity contribution in [3.8, 4) is 0 Å². The topological polar surface area (TPSA) is 61.4 Å². The van der Waals surface area contributed by atoms with Gasteiger partial charge in [0.15, 0.2) is 0 Å². The number of carbonyl (C=O) groups excluding carboxylic acids is 2. The first-order valence-electron chi connectivity index (χ1n) is 6.86. The molecule has 1 heterocycles. The molecule has 2 N–H and O–H groups in total. The molecule has 0 bridgehead atoms. The number of allylic oxidation sites excluding steroid dienone is 1. The molecular formula is C16H18ClN3O2.